The molecule has 1 heterocycles. The second-order valence-electron chi connectivity index (χ2n) is 4.32. The molecule has 6 heteroatoms. The molecule has 0 bridgehead atoms. The van der Waals surface area contributed by atoms with Gasteiger partial charge in [0.1, 0.15) is 0 Å². The molecule has 0 spiro atoms. The van der Waals surface area contributed by atoms with Gasteiger partial charge in [-0.3, -0.25) is 4.79 Å². The Morgan fingerprint density at radius 3 is 2.82 bits per heavy atom. The van der Waals surface area contributed by atoms with Gasteiger partial charge < -0.3 is 14.9 Å². The van der Waals surface area contributed by atoms with Crippen LogP contribution in [0.3, 0.4) is 0 Å². The predicted octanol–water partition coefficient (Wildman–Crippen LogP) is 1.20. The van der Waals surface area contributed by atoms with E-state index in [0.717, 1.165) is 12.2 Å². The van der Waals surface area contributed by atoms with Crippen molar-refractivity contribution in [3.63, 3.8) is 0 Å². The van der Waals surface area contributed by atoms with Crippen LogP contribution in [0.1, 0.15) is 12.8 Å². The molecule has 1 aliphatic heterocycles. The van der Waals surface area contributed by atoms with Gasteiger partial charge in [0.25, 0.3) is 0 Å². The van der Waals surface area contributed by atoms with Crippen molar-refractivity contribution in [2.45, 2.75) is 12.8 Å². The molecule has 1 aliphatic rings. The third kappa shape index (κ3) is 4.11. The number of urea groups is 1. The van der Waals surface area contributed by atoms with Crippen LogP contribution in [0.5, 0.6) is 0 Å². The molecule has 5 nitrogen and oxygen atoms in total. The number of carboxylic acids is 1. The highest BCUT2D eigenvalue weighted by atomic mass is 32.2. The Kier molecular flexibility index (Phi) is 5.61. The second-order valence-corrected chi connectivity index (χ2v) is 5.31. The molecule has 1 N–H and O–H groups in total. The van der Waals surface area contributed by atoms with Crippen LogP contribution in [0, 0.1) is 5.92 Å². The third-order valence-electron chi connectivity index (χ3n) is 3.00. The molecule has 17 heavy (non-hydrogen) atoms. The van der Waals surface area contributed by atoms with E-state index in [-0.39, 0.29) is 6.03 Å². The molecule has 0 aromatic rings. The number of aliphatic carboxylic acids is 1. The monoisotopic (exact) mass is 260 g/mol. The number of carboxylic acid groups (broad SMARTS) is 1. The lowest BCUT2D eigenvalue weighted by atomic mass is 9.99. The van der Waals surface area contributed by atoms with Gasteiger partial charge in [-0.1, -0.05) is 0 Å². The Balaban J connectivity index is 2.48. The molecule has 0 radical (unpaired) electrons. The molecular weight excluding hydrogens is 240 g/mol. The highest BCUT2D eigenvalue weighted by Crippen LogP contribution is 2.17. The van der Waals surface area contributed by atoms with E-state index in [1.165, 1.54) is 0 Å². The number of rotatable bonds is 4. The number of carbonyl (C=O) groups is 2. The van der Waals surface area contributed by atoms with Crippen molar-refractivity contribution in [3.8, 4) is 0 Å². The zero-order valence-electron chi connectivity index (χ0n) is 10.4. The number of piperidine rings is 1. The lowest BCUT2D eigenvalue weighted by molar-refractivity contribution is -0.143. The zero-order chi connectivity index (χ0) is 12.8. The lowest BCUT2D eigenvalue weighted by Gasteiger charge is -2.33. The first-order valence-electron chi connectivity index (χ1n) is 5.78. The van der Waals surface area contributed by atoms with E-state index in [1.807, 2.05) is 6.26 Å². The lowest BCUT2D eigenvalue weighted by Crippen LogP contribution is -2.48. The Morgan fingerprint density at radius 2 is 2.24 bits per heavy atom. The fraction of sp³-hybridized carbons (Fsp3) is 0.818. The van der Waals surface area contributed by atoms with Crippen molar-refractivity contribution in [3.05, 3.63) is 0 Å². The summed E-state index contributed by atoms with van der Waals surface area (Å²) in [5.41, 5.74) is 0. The number of hydrogen-bond acceptors (Lipinski definition) is 3. The van der Waals surface area contributed by atoms with Crippen LogP contribution < -0.4 is 0 Å². The van der Waals surface area contributed by atoms with Gasteiger partial charge in [-0.15, -0.1) is 0 Å². The van der Waals surface area contributed by atoms with Crippen LogP contribution >= 0.6 is 11.8 Å². The Bertz CT molecular complexity index is 286. The maximum Gasteiger partial charge on any atom is 0.319 e. The Hall–Kier alpha value is -0.910. The molecule has 0 unspecified atom stereocenters. The first-order valence-corrected chi connectivity index (χ1v) is 7.17. The Labute approximate surface area is 106 Å². The fourth-order valence-electron chi connectivity index (χ4n) is 1.92. The summed E-state index contributed by atoms with van der Waals surface area (Å²) in [7, 11) is 1.77. The summed E-state index contributed by atoms with van der Waals surface area (Å²) in [5, 5.41) is 8.96. The van der Waals surface area contributed by atoms with E-state index in [0.29, 0.717) is 26.1 Å². The van der Waals surface area contributed by atoms with Gasteiger partial charge in [-0.05, 0) is 19.1 Å². The SMILES string of the molecule is CSCCN(C)C(=O)N1CCC[C@H](C(=O)O)C1. The summed E-state index contributed by atoms with van der Waals surface area (Å²) in [6, 6.07) is -0.0509. The van der Waals surface area contributed by atoms with Gasteiger partial charge in [-0.2, -0.15) is 11.8 Å². The van der Waals surface area contributed by atoms with Gasteiger partial charge in [0.15, 0.2) is 0 Å². The number of amides is 2. The number of hydrogen-bond donors (Lipinski definition) is 1. The molecule has 0 aliphatic carbocycles. The summed E-state index contributed by atoms with van der Waals surface area (Å²) in [4.78, 5) is 26.3. The summed E-state index contributed by atoms with van der Waals surface area (Å²) in [6.07, 6.45) is 3.45. The Morgan fingerprint density at radius 1 is 1.53 bits per heavy atom. The van der Waals surface area contributed by atoms with Crippen LogP contribution in [0.15, 0.2) is 0 Å². The second kappa shape index (κ2) is 6.74. The summed E-state index contributed by atoms with van der Waals surface area (Å²) in [6.45, 7) is 1.72. The van der Waals surface area contributed by atoms with Gasteiger partial charge in [0.05, 0.1) is 5.92 Å². The van der Waals surface area contributed by atoms with Gasteiger partial charge >= 0.3 is 12.0 Å². The molecule has 1 atom stereocenters. The molecular formula is C11H20N2O3S. The third-order valence-corrected chi connectivity index (χ3v) is 3.59. The average molecular weight is 260 g/mol. The molecule has 0 saturated carbocycles. The first-order chi connectivity index (χ1) is 8.06. The summed E-state index contributed by atoms with van der Waals surface area (Å²) < 4.78 is 0. The van der Waals surface area contributed by atoms with Crippen molar-refractivity contribution >= 4 is 23.8 Å². The van der Waals surface area contributed by atoms with E-state index in [1.54, 1.807) is 28.6 Å². The molecule has 1 fully saturated rings. The summed E-state index contributed by atoms with van der Waals surface area (Å²) in [5.74, 6) is -0.297. The topological polar surface area (TPSA) is 60.9 Å². The van der Waals surface area contributed by atoms with Crippen LogP contribution in [0.4, 0.5) is 4.79 Å². The van der Waals surface area contributed by atoms with E-state index < -0.39 is 11.9 Å². The number of thioether (sulfide) groups is 1. The van der Waals surface area contributed by atoms with Gasteiger partial charge in [0, 0.05) is 32.4 Å². The van der Waals surface area contributed by atoms with E-state index in [9.17, 15) is 9.59 Å². The highest BCUT2D eigenvalue weighted by molar-refractivity contribution is 7.98. The number of nitrogens with zero attached hydrogens (tertiary/aromatic N) is 2. The maximum absolute atomic E-state index is 12.0. The van der Waals surface area contributed by atoms with Crippen LogP contribution in [0.2, 0.25) is 0 Å². The van der Waals surface area contributed by atoms with Crippen LogP contribution in [-0.4, -0.2) is 65.6 Å². The molecule has 2 amide bonds. The summed E-state index contributed by atoms with van der Waals surface area (Å²) >= 11 is 1.69. The predicted molar refractivity (Wildman–Crippen MR) is 68.3 cm³/mol. The standard InChI is InChI=1S/C11H20N2O3S/c1-12(6-7-17-2)11(16)13-5-3-4-9(8-13)10(14)15/h9H,3-8H2,1-2H3,(H,14,15)/t9-/m0/s1. The van der Waals surface area contributed by atoms with Gasteiger partial charge in [-0.25, -0.2) is 4.79 Å². The van der Waals surface area contributed by atoms with Crippen molar-refractivity contribution < 1.29 is 14.7 Å². The van der Waals surface area contributed by atoms with Crippen molar-refractivity contribution in [1.82, 2.24) is 9.80 Å². The minimum absolute atomic E-state index is 0.0509. The van der Waals surface area contributed by atoms with E-state index in [4.69, 9.17) is 5.11 Å². The van der Waals surface area contributed by atoms with Crippen LogP contribution in [0.25, 0.3) is 0 Å². The quantitative estimate of drug-likeness (QED) is 0.825. The molecule has 1 saturated heterocycles. The van der Waals surface area contributed by atoms with Crippen molar-refractivity contribution in [2.24, 2.45) is 5.92 Å². The molecule has 98 valence electrons. The number of carbonyl (C=O) groups excluding carboxylic acids is 1. The van der Waals surface area contributed by atoms with E-state index in [2.05, 4.69) is 0 Å². The fourth-order valence-corrected chi connectivity index (χ4v) is 2.37. The largest absolute Gasteiger partial charge is 0.481 e. The maximum atomic E-state index is 12.0. The first kappa shape index (κ1) is 14.2. The average Bonchev–Trinajstić information content (AvgIpc) is 2.35. The smallest absolute Gasteiger partial charge is 0.319 e. The number of likely N-dealkylation sites (tertiary alicyclic amines) is 1. The minimum atomic E-state index is -0.797. The molecule has 1 rings (SSSR count). The zero-order valence-corrected chi connectivity index (χ0v) is 11.2. The van der Waals surface area contributed by atoms with Crippen molar-refractivity contribution in [2.75, 3.05) is 38.7 Å². The normalized spacial score (nSPS) is 20.1. The highest BCUT2D eigenvalue weighted by Gasteiger charge is 2.29. The van der Waals surface area contributed by atoms with Gasteiger partial charge in [0.2, 0.25) is 0 Å². The van der Waals surface area contributed by atoms with E-state index >= 15 is 0 Å². The molecule has 0 aromatic heterocycles. The molecule has 0 aromatic carbocycles. The van der Waals surface area contributed by atoms with Crippen molar-refractivity contribution in [1.29, 1.82) is 0 Å². The minimum Gasteiger partial charge on any atom is -0.481 e. The van der Waals surface area contributed by atoms with Crippen LogP contribution in [-0.2, 0) is 4.79 Å².